The van der Waals surface area contributed by atoms with E-state index < -0.39 is 12.7 Å². The van der Waals surface area contributed by atoms with Crippen molar-refractivity contribution >= 4 is 5.91 Å². The summed E-state index contributed by atoms with van der Waals surface area (Å²) in [5.41, 5.74) is 6.23. The zero-order valence-electron chi connectivity index (χ0n) is 11.4. The van der Waals surface area contributed by atoms with Gasteiger partial charge in [-0.25, -0.2) is 0 Å². The fourth-order valence-corrected chi connectivity index (χ4v) is 1.55. The molecule has 3 N–H and O–H groups in total. The normalized spacial score (nSPS) is 12.1. The molecule has 20 heavy (non-hydrogen) atoms. The van der Waals surface area contributed by atoms with Crippen molar-refractivity contribution in [1.82, 2.24) is 5.32 Å². The lowest BCUT2D eigenvalue weighted by molar-refractivity contribution is -0.121. The number of nitrogens with two attached hydrogens (primary N) is 1. The number of hydrogen-bond acceptors (Lipinski definition) is 4. The maximum absolute atomic E-state index is 12.2. The Bertz CT molecular complexity index is 453. The van der Waals surface area contributed by atoms with Crippen LogP contribution in [0.1, 0.15) is 12.5 Å². The van der Waals surface area contributed by atoms with Crippen LogP contribution in [0.2, 0.25) is 0 Å². The average molecular weight is 288 g/mol. The number of carbonyl (C=O) groups is 1. The third-order valence-corrected chi connectivity index (χ3v) is 2.57. The van der Waals surface area contributed by atoms with Gasteiger partial charge in [0.15, 0.2) is 11.5 Å². The Hall–Kier alpha value is -1.89. The summed E-state index contributed by atoms with van der Waals surface area (Å²) in [6.45, 7) is -0.909. The monoisotopic (exact) mass is 288 g/mol. The van der Waals surface area contributed by atoms with Crippen LogP contribution >= 0.6 is 0 Å². The highest BCUT2D eigenvalue weighted by atomic mass is 19.3. The van der Waals surface area contributed by atoms with Gasteiger partial charge >= 0.3 is 6.61 Å². The SMILES string of the molecule is COc1cc(CCNC(=O)[C@@H](C)N)ccc1OC(F)F. The summed E-state index contributed by atoms with van der Waals surface area (Å²) in [6, 6.07) is 4.08. The number of ether oxygens (including phenoxy) is 2. The lowest BCUT2D eigenvalue weighted by Gasteiger charge is -2.12. The maximum atomic E-state index is 12.2. The number of carbonyl (C=O) groups excluding carboxylic acids is 1. The maximum Gasteiger partial charge on any atom is 0.387 e. The van der Waals surface area contributed by atoms with E-state index in [-0.39, 0.29) is 17.4 Å². The average Bonchev–Trinajstić information content (AvgIpc) is 2.39. The Morgan fingerprint density at radius 1 is 1.40 bits per heavy atom. The molecule has 1 rings (SSSR count). The first kappa shape index (κ1) is 16.2. The first-order chi connectivity index (χ1) is 9.43. The number of alkyl halides is 2. The van der Waals surface area contributed by atoms with E-state index in [2.05, 4.69) is 10.1 Å². The summed E-state index contributed by atoms with van der Waals surface area (Å²) in [4.78, 5) is 11.3. The fraction of sp³-hybridized carbons (Fsp3) is 0.462. The van der Waals surface area contributed by atoms with Crippen LogP contribution in [0.15, 0.2) is 18.2 Å². The molecule has 0 saturated heterocycles. The molecule has 0 bridgehead atoms. The standard InChI is InChI=1S/C13H18F2N2O3/c1-8(16)12(18)17-6-5-9-3-4-10(20-13(14)15)11(7-9)19-2/h3-4,7-8,13H,5-6,16H2,1-2H3,(H,17,18)/t8-/m1/s1. The summed E-state index contributed by atoms with van der Waals surface area (Å²) < 4.78 is 33.6. The smallest absolute Gasteiger partial charge is 0.387 e. The van der Waals surface area contributed by atoms with Crippen LogP contribution in [-0.2, 0) is 11.2 Å². The number of halogens is 2. The second-order valence-electron chi connectivity index (χ2n) is 4.19. The van der Waals surface area contributed by atoms with Gasteiger partial charge < -0.3 is 20.5 Å². The molecule has 0 aliphatic rings. The number of amides is 1. The van der Waals surface area contributed by atoms with Crippen LogP contribution in [-0.4, -0.2) is 32.2 Å². The van der Waals surface area contributed by atoms with Crippen LogP contribution in [0, 0.1) is 0 Å². The zero-order chi connectivity index (χ0) is 15.1. The van der Waals surface area contributed by atoms with E-state index in [1.807, 2.05) is 0 Å². The summed E-state index contributed by atoms with van der Waals surface area (Å²) in [5, 5.41) is 2.66. The summed E-state index contributed by atoms with van der Waals surface area (Å²) in [7, 11) is 1.37. The number of rotatable bonds is 7. The van der Waals surface area contributed by atoms with Crippen molar-refractivity contribution in [2.75, 3.05) is 13.7 Å². The predicted molar refractivity (Wildman–Crippen MR) is 70.0 cm³/mol. The Morgan fingerprint density at radius 3 is 2.65 bits per heavy atom. The van der Waals surface area contributed by atoms with E-state index in [4.69, 9.17) is 10.5 Å². The van der Waals surface area contributed by atoms with Crippen molar-refractivity contribution in [2.45, 2.75) is 26.0 Å². The molecule has 1 aromatic rings. The highest BCUT2D eigenvalue weighted by molar-refractivity contribution is 5.80. The van der Waals surface area contributed by atoms with Crippen molar-refractivity contribution in [3.8, 4) is 11.5 Å². The minimum Gasteiger partial charge on any atom is -0.493 e. The first-order valence-electron chi connectivity index (χ1n) is 6.09. The fourth-order valence-electron chi connectivity index (χ4n) is 1.55. The second-order valence-corrected chi connectivity index (χ2v) is 4.19. The third-order valence-electron chi connectivity index (χ3n) is 2.57. The molecular formula is C13H18F2N2O3. The van der Waals surface area contributed by atoms with Gasteiger partial charge in [0.25, 0.3) is 0 Å². The van der Waals surface area contributed by atoms with Crippen molar-refractivity contribution in [3.63, 3.8) is 0 Å². The minimum atomic E-state index is -2.90. The van der Waals surface area contributed by atoms with Crippen LogP contribution < -0.4 is 20.5 Å². The quantitative estimate of drug-likeness (QED) is 0.793. The molecule has 0 aliphatic carbocycles. The molecule has 0 aromatic heterocycles. The molecule has 0 saturated carbocycles. The highest BCUT2D eigenvalue weighted by Crippen LogP contribution is 2.29. The molecular weight excluding hydrogens is 270 g/mol. The Balaban J connectivity index is 2.61. The molecule has 1 aromatic carbocycles. The van der Waals surface area contributed by atoms with Crippen LogP contribution in [0.25, 0.3) is 0 Å². The van der Waals surface area contributed by atoms with Crippen molar-refractivity contribution < 1.29 is 23.0 Å². The van der Waals surface area contributed by atoms with E-state index in [0.717, 1.165) is 5.56 Å². The number of nitrogens with one attached hydrogen (secondary N) is 1. The van der Waals surface area contributed by atoms with Gasteiger partial charge in [0, 0.05) is 6.54 Å². The largest absolute Gasteiger partial charge is 0.493 e. The summed E-state index contributed by atoms with van der Waals surface area (Å²) >= 11 is 0. The number of methoxy groups -OCH3 is 1. The lowest BCUT2D eigenvalue weighted by atomic mass is 10.1. The molecule has 0 radical (unpaired) electrons. The lowest BCUT2D eigenvalue weighted by Crippen LogP contribution is -2.39. The highest BCUT2D eigenvalue weighted by Gasteiger charge is 2.11. The topological polar surface area (TPSA) is 73.6 Å². The third kappa shape index (κ3) is 5.00. The van der Waals surface area contributed by atoms with Crippen LogP contribution in [0.5, 0.6) is 11.5 Å². The Labute approximate surface area is 116 Å². The molecule has 112 valence electrons. The predicted octanol–water partition coefficient (Wildman–Crippen LogP) is 1.30. The molecule has 0 aliphatic heterocycles. The molecule has 1 atom stereocenters. The van der Waals surface area contributed by atoms with Crippen molar-refractivity contribution in [3.05, 3.63) is 23.8 Å². The zero-order valence-corrected chi connectivity index (χ0v) is 11.4. The van der Waals surface area contributed by atoms with Crippen LogP contribution in [0.3, 0.4) is 0 Å². The van der Waals surface area contributed by atoms with Crippen LogP contribution in [0.4, 0.5) is 8.78 Å². The van der Waals surface area contributed by atoms with Gasteiger partial charge in [0.1, 0.15) is 0 Å². The van der Waals surface area contributed by atoms with E-state index in [1.165, 1.54) is 13.2 Å². The first-order valence-corrected chi connectivity index (χ1v) is 6.09. The second kappa shape index (κ2) is 7.64. The number of hydrogen-bond donors (Lipinski definition) is 2. The van der Waals surface area contributed by atoms with Gasteiger partial charge in [-0.3, -0.25) is 4.79 Å². The summed E-state index contributed by atoms with van der Waals surface area (Å²) in [6.07, 6.45) is 0.532. The summed E-state index contributed by atoms with van der Waals surface area (Å²) in [5.74, 6) is -0.0400. The van der Waals surface area contributed by atoms with Gasteiger partial charge in [-0.1, -0.05) is 6.07 Å². The number of benzene rings is 1. The van der Waals surface area contributed by atoms with Gasteiger partial charge in [-0.15, -0.1) is 0 Å². The molecule has 5 nitrogen and oxygen atoms in total. The minimum absolute atomic E-state index is 0.0223. The van der Waals surface area contributed by atoms with Gasteiger partial charge in [0.05, 0.1) is 13.2 Å². The van der Waals surface area contributed by atoms with E-state index in [1.54, 1.807) is 19.1 Å². The van der Waals surface area contributed by atoms with E-state index in [0.29, 0.717) is 13.0 Å². The molecule has 0 fully saturated rings. The van der Waals surface area contributed by atoms with Gasteiger partial charge in [0.2, 0.25) is 5.91 Å². The molecule has 1 amide bonds. The van der Waals surface area contributed by atoms with E-state index in [9.17, 15) is 13.6 Å². The molecule has 0 spiro atoms. The van der Waals surface area contributed by atoms with E-state index >= 15 is 0 Å². The van der Waals surface area contributed by atoms with Crippen molar-refractivity contribution in [2.24, 2.45) is 5.73 Å². The van der Waals surface area contributed by atoms with Gasteiger partial charge in [-0.2, -0.15) is 8.78 Å². The molecule has 0 heterocycles. The van der Waals surface area contributed by atoms with Gasteiger partial charge in [-0.05, 0) is 31.0 Å². The Kier molecular flexibility index (Phi) is 6.17. The molecule has 7 heteroatoms. The molecule has 0 unspecified atom stereocenters. The van der Waals surface area contributed by atoms with Crippen molar-refractivity contribution in [1.29, 1.82) is 0 Å². The Morgan fingerprint density at radius 2 is 2.10 bits per heavy atom.